The Morgan fingerprint density at radius 2 is 1.59 bits per heavy atom. The summed E-state index contributed by atoms with van der Waals surface area (Å²) < 4.78 is 28.8. The number of anilines is 1. The van der Waals surface area contributed by atoms with E-state index in [-0.39, 0.29) is 17.3 Å². The summed E-state index contributed by atoms with van der Waals surface area (Å²) in [5.74, 6) is -0.905. The highest BCUT2D eigenvalue weighted by Crippen LogP contribution is 2.27. The normalized spacial score (nSPS) is 12.1. The van der Waals surface area contributed by atoms with Crippen LogP contribution in [-0.4, -0.2) is 44.3 Å². The van der Waals surface area contributed by atoms with E-state index in [1.807, 2.05) is 26.8 Å². The van der Waals surface area contributed by atoms with Crippen LogP contribution in [0.1, 0.15) is 37.0 Å². The molecule has 39 heavy (non-hydrogen) atoms. The minimum Gasteiger partial charge on any atom is -0.354 e. The molecule has 0 aliphatic carbocycles. The zero-order valence-corrected chi connectivity index (χ0v) is 24.8. The predicted octanol–water partition coefficient (Wildman–Crippen LogP) is 5.75. The van der Waals surface area contributed by atoms with Gasteiger partial charge < -0.3 is 10.2 Å². The van der Waals surface area contributed by atoms with Crippen molar-refractivity contribution in [2.24, 2.45) is 0 Å². The first-order chi connectivity index (χ1) is 18.4. The molecule has 2 amide bonds. The van der Waals surface area contributed by atoms with Crippen molar-refractivity contribution < 1.29 is 18.0 Å². The van der Waals surface area contributed by atoms with E-state index in [0.717, 1.165) is 21.9 Å². The number of rotatable bonds is 11. The van der Waals surface area contributed by atoms with E-state index in [1.54, 1.807) is 55.5 Å². The molecule has 7 nitrogen and oxygen atoms in total. The van der Waals surface area contributed by atoms with E-state index in [0.29, 0.717) is 27.8 Å². The van der Waals surface area contributed by atoms with Gasteiger partial charge in [0.15, 0.2) is 0 Å². The van der Waals surface area contributed by atoms with Gasteiger partial charge in [-0.25, -0.2) is 8.42 Å². The highest BCUT2D eigenvalue weighted by Gasteiger charge is 2.32. The number of halogens is 2. The molecule has 10 heteroatoms. The highest BCUT2D eigenvalue weighted by molar-refractivity contribution is 7.92. The smallest absolute Gasteiger partial charge is 0.264 e. The van der Waals surface area contributed by atoms with Gasteiger partial charge in [-0.1, -0.05) is 60.5 Å². The van der Waals surface area contributed by atoms with Gasteiger partial charge in [0.2, 0.25) is 11.8 Å². The van der Waals surface area contributed by atoms with Crippen LogP contribution >= 0.6 is 23.2 Å². The molecule has 0 heterocycles. The standard InChI is InChI=1S/C29H33Cl2N3O4S/c1-5-13-32-29(36)22(4)33(18-23-11-12-24(30)17-27(23)31)28(35)19-34(25-15-20(2)14-21(3)16-25)39(37,38)26-9-7-6-8-10-26/h6-12,14-17,22H,5,13,18-19H2,1-4H3,(H,32,36). The summed E-state index contributed by atoms with van der Waals surface area (Å²) in [7, 11) is -4.12. The maximum atomic E-state index is 13.9. The zero-order chi connectivity index (χ0) is 28.7. The maximum Gasteiger partial charge on any atom is 0.264 e. The van der Waals surface area contributed by atoms with Crippen molar-refractivity contribution in [3.63, 3.8) is 0 Å². The van der Waals surface area contributed by atoms with Gasteiger partial charge in [0, 0.05) is 23.1 Å². The molecule has 1 atom stereocenters. The third-order valence-electron chi connectivity index (χ3n) is 6.18. The zero-order valence-electron chi connectivity index (χ0n) is 22.4. The second kappa shape index (κ2) is 13.3. The van der Waals surface area contributed by atoms with Gasteiger partial charge >= 0.3 is 0 Å². The van der Waals surface area contributed by atoms with E-state index < -0.39 is 28.5 Å². The summed E-state index contributed by atoms with van der Waals surface area (Å²) in [6, 6.07) is 17.3. The van der Waals surface area contributed by atoms with Crippen molar-refractivity contribution in [2.45, 2.75) is 51.6 Å². The molecule has 3 rings (SSSR count). The Kier molecular flexibility index (Phi) is 10.4. The highest BCUT2D eigenvalue weighted by atomic mass is 35.5. The van der Waals surface area contributed by atoms with Crippen molar-refractivity contribution in [1.29, 1.82) is 0 Å². The summed E-state index contributed by atoms with van der Waals surface area (Å²) in [5, 5.41) is 3.59. The van der Waals surface area contributed by atoms with Crippen molar-refractivity contribution in [3.05, 3.63) is 93.5 Å². The molecule has 0 radical (unpaired) electrons. The fourth-order valence-corrected chi connectivity index (χ4v) is 6.04. The molecule has 0 saturated heterocycles. The number of aryl methyl sites for hydroxylation is 2. The molecular weight excluding hydrogens is 557 g/mol. The molecule has 0 aromatic heterocycles. The van der Waals surface area contributed by atoms with Crippen LogP contribution in [-0.2, 0) is 26.2 Å². The Bertz CT molecular complexity index is 1410. The average molecular weight is 591 g/mol. The molecule has 3 aromatic rings. The molecule has 208 valence electrons. The topological polar surface area (TPSA) is 86.8 Å². The Balaban J connectivity index is 2.06. The summed E-state index contributed by atoms with van der Waals surface area (Å²) in [4.78, 5) is 28.3. The first-order valence-corrected chi connectivity index (χ1v) is 14.8. The van der Waals surface area contributed by atoms with Gasteiger partial charge in [-0.2, -0.15) is 0 Å². The summed E-state index contributed by atoms with van der Waals surface area (Å²) in [6.07, 6.45) is 0.727. The third kappa shape index (κ3) is 7.75. The van der Waals surface area contributed by atoms with Crippen molar-refractivity contribution in [1.82, 2.24) is 10.2 Å². The summed E-state index contributed by atoms with van der Waals surface area (Å²) in [5.41, 5.74) is 2.64. The number of nitrogens with one attached hydrogen (secondary N) is 1. The number of benzene rings is 3. The molecular formula is C29H33Cl2N3O4S. The van der Waals surface area contributed by atoms with Gasteiger partial charge in [0.25, 0.3) is 10.0 Å². The van der Waals surface area contributed by atoms with Crippen molar-refractivity contribution in [2.75, 3.05) is 17.4 Å². The van der Waals surface area contributed by atoms with Crippen LogP contribution in [0.5, 0.6) is 0 Å². The van der Waals surface area contributed by atoms with Gasteiger partial charge in [0.1, 0.15) is 12.6 Å². The van der Waals surface area contributed by atoms with Crippen LogP contribution in [0.15, 0.2) is 71.6 Å². The molecule has 3 aromatic carbocycles. The molecule has 0 aliphatic rings. The number of hydrogen-bond donors (Lipinski definition) is 1. The number of sulfonamides is 1. The Hall–Kier alpha value is -3.07. The van der Waals surface area contributed by atoms with Crippen molar-refractivity contribution >= 4 is 50.7 Å². The molecule has 1 N–H and O–H groups in total. The lowest BCUT2D eigenvalue weighted by Gasteiger charge is -2.32. The number of carbonyl (C=O) groups is 2. The lowest BCUT2D eigenvalue weighted by atomic mass is 10.1. The van der Waals surface area contributed by atoms with Gasteiger partial charge in [0.05, 0.1) is 10.6 Å². The fourth-order valence-electron chi connectivity index (χ4n) is 4.16. The largest absolute Gasteiger partial charge is 0.354 e. The fraction of sp³-hybridized carbons (Fsp3) is 0.310. The number of carbonyl (C=O) groups excluding carboxylic acids is 2. The van der Waals surface area contributed by atoms with Gasteiger partial charge in [-0.3, -0.25) is 13.9 Å². The Morgan fingerprint density at radius 3 is 2.18 bits per heavy atom. The second-order valence-corrected chi connectivity index (χ2v) is 12.1. The van der Waals surface area contributed by atoms with Crippen LogP contribution in [0.25, 0.3) is 0 Å². The first kappa shape index (κ1) is 30.5. The lowest BCUT2D eigenvalue weighted by molar-refractivity contribution is -0.139. The van der Waals surface area contributed by atoms with Crippen molar-refractivity contribution in [3.8, 4) is 0 Å². The summed E-state index contributed by atoms with van der Waals surface area (Å²) in [6.45, 7) is 7.18. The van der Waals surface area contributed by atoms with Crippen LogP contribution < -0.4 is 9.62 Å². The third-order valence-corrected chi connectivity index (χ3v) is 8.55. The molecule has 1 unspecified atom stereocenters. The summed E-state index contributed by atoms with van der Waals surface area (Å²) >= 11 is 12.5. The van der Waals surface area contributed by atoms with Crippen LogP contribution in [0, 0.1) is 13.8 Å². The Morgan fingerprint density at radius 1 is 0.949 bits per heavy atom. The molecule has 0 bridgehead atoms. The molecule has 0 aliphatic heterocycles. The predicted molar refractivity (Wildman–Crippen MR) is 157 cm³/mol. The monoisotopic (exact) mass is 589 g/mol. The van der Waals surface area contributed by atoms with Crippen LogP contribution in [0.4, 0.5) is 5.69 Å². The quantitative estimate of drug-likeness (QED) is 0.308. The van der Waals surface area contributed by atoms with E-state index in [9.17, 15) is 18.0 Å². The molecule has 0 saturated carbocycles. The second-order valence-electron chi connectivity index (χ2n) is 9.40. The van der Waals surface area contributed by atoms with E-state index in [1.165, 1.54) is 17.0 Å². The Labute approximate surface area is 240 Å². The molecule has 0 fully saturated rings. The van der Waals surface area contributed by atoms with E-state index >= 15 is 0 Å². The number of hydrogen-bond acceptors (Lipinski definition) is 4. The van der Waals surface area contributed by atoms with E-state index in [4.69, 9.17) is 23.2 Å². The number of amides is 2. The van der Waals surface area contributed by atoms with E-state index in [2.05, 4.69) is 5.32 Å². The minimum atomic E-state index is -4.12. The average Bonchev–Trinajstić information content (AvgIpc) is 2.89. The molecule has 0 spiro atoms. The first-order valence-electron chi connectivity index (χ1n) is 12.6. The lowest BCUT2D eigenvalue weighted by Crippen LogP contribution is -2.51. The van der Waals surface area contributed by atoms with Gasteiger partial charge in [-0.15, -0.1) is 0 Å². The maximum absolute atomic E-state index is 13.9. The van der Waals surface area contributed by atoms with Crippen LogP contribution in [0.2, 0.25) is 10.0 Å². The number of nitrogens with zero attached hydrogens (tertiary/aromatic N) is 2. The minimum absolute atomic E-state index is 0.0123. The SMILES string of the molecule is CCCNC(=O)C(C)N(Cc1ccc(Cl)cc1Cl)C(=O)CN(c1cc(C)cc(C)c1)S(=O)(=O)c1ccccc1. The van der Waals surface area contributed by atoms with Crippen LogP contribution in [0.3, 0.4) is 0 Å². The van der Waals surface area contributed by atoms with Gasteiger partial charge in [-0.05, 0) is 80.3 Å².